The number of nitrogens with zero attached hydrogens (tertiary/aromatic N) is 3. The van der Waals surface area contributed by atoms with Crippen LogP contribution in [0.2, 0.25) is 5.02 Å². The molecule has 0 saturated carbocycles. The van der Waals surface area contributed by atoms with Crippen molar-refractivity contribution in [3.63, 3.8) is 0 Å². The van der Waals surface area contributed by atoms with Gasteiger partial charge in [-0.3, -0.25) is 14.5 Å². The average Bonchev–Trinajstić information content (AvgIpc) is 3.42. The third-order valence-corrected chi connectivity index (χ3v) is 9.06. The minimum Gasteiger partial charge on any atom is -0.343 e. The summed E-state index contributed by atoms with van der Waals surface area (Å²) in [6.07, 6.45) is 6.80. The first-order chi connectivity index (χ1) is 18.7. The van der Waals surface area contributed by atoms with Gasteiger partial charge in [-0.05, 0) is 89.2 Å². The van der Waals surface area contributed by atoms with Crippen molar-refractivity contribution >= 4 is 23.4 Å². The van der Waals surface area contributed by atoms with E-state index in [0.29, 0.717) is 35.5 Å². The Morgan fingerprint density at radius 2 is 1.69 bits per heavy atom. The van der Waals surface area contributed by atoms with E-state index in [1.165, 1.54) is 12.8 Å². The third kappa shape index (κ3) is 8.42. The summed E-state index contributed by atoms with van der Waals surface area (Å²) >= 11 is 6.11. The van der Waals surface area contributed by atoms with Crippen LogP contribution in [0.4, 0.5) is 0 Å². The molecule has 3 heterocycles. The number of benzene rings is 1. The standard InChI is InChI=1S/C31H50ClN5O2/c1-22(2)20-37(26-12-16-35(17-13-26)23(3)4)27-14-18-36(21-27)31(39)29(19-24-8-10-25(32)11-9-24)34-30(38)28-7-5-6-15-33-28/h8-11,22-23,26-29,33H,5-7,12-21H2,1-4H3,(H,34,38)/t27-,28-,29+/m0/s1. The van der Waals surface area contributed by atoms with Crippen LogP contribution in [0, 0.1) is 5.92 Å². The monoisotopic (exact) mass is 559 g/mol. The maximum atomic E-state index is 14.0. The maximum Gasteiger partial charge on any atom is 0.245 e. The van der Waals surface area contributed by atoms with Gasteiger partial charge in [0.05, 0.1) is 6.04 Å². The second-order valence-corrected chi connectivity index (χ2v) is 13.0. The number of hydrogen-bond donors (Lipinski definition) is 2. The lowest BCUT2D eigenvalue weighted by atomic mass is 9.98. The van der Waals surface area contributed by atoms with E-state index in [-0.39, 0.29) is 17.9 Å². The molecule has 7 nitrogen and oxygen atoms in total. The summed E-state index contributed by atoms with van der Waals surface area (Å²) in [5.74, 6) is 0.560. The van der Waals surface area contributed by atoms with E-state index in [1.54, 1.807) is 0 Å². The fraction of sp³-hybridized carbons (Fsp3) is 0.742. The van der Waals surface area contributed by atoms with Crippen molar-refractivity contribution in [3.05, 3.63) is 34.9 Å². The molecule has 3 aliphatic rings. The predicted molar refractivity (Wildman–Crippen MR) is 159 cm³/mol. The number of carbonyl (C=O) groups excluding carboxylic acids is 2. The number of rotatable bonds is 10. The molecule has 3 fully saturated rings. The van der Waals surface area contributed by atoms with Gasteiger partial charge in [0.15, 0.2) is 0 Å². The smallest absolute Gasteiger partial charge is 0.245 e. The molecule has 3 aliphatic heterocycles. The molecule has 2 N–H and O–H groups in total. The van der Waals surface area contributed by atoms with Crippen molar-refractivity contribution in [2.24, 2.45) is 5.92 Å². The minimum atomic E-state index is -0.575. The molecule has 1 aromatic carbocycles. The number of nitrogens with one attached hydrogen (secondary N) is 2. The maximum absolute atomic E-state index is 14.0. The van der Waals surface area contributed by atoms with Crippen molar-refractivity contribution in [1.82, 2.24) is 25.3 Å². The first-order valence-electron chi connectivity index (χ1n) is 15.3. The van der Waals surface area contributed by atoms with Crippen LogP contribution in [-0.2, 0) is 16.0 Å². The van der Waals surface area contributed by atoms with Crippen LogP contribution < -0.4 is 10.6 Å². The highest BCUT2D eigenvalue weighted by Crippen LogP contribution is 2.26. The van der Waals surface area contributed by atoms with Crippen LogP contribution in [0.5, 0.6) is 0 Å². The zero-order valence-electron chi connectivity index (χ0n) is 24.5. The predicted octanol–water partition coefficient (Wildman–Crippen LogP) is 3.94. The second-order valence-electron chi connectivity index (χ2n) is 12.6. The van der Waals surface area contributed by atoms with Gasteiger partial charge in [-0.25, -0.2) is 0 Å². The molecule has 1 aromatic rings. The quantitative estimate of drug-likeness (QED) is 0.454. The zero-order chi connectivity index (χ0) is 27.9. The molecular weight excluding hydrogens is 510 g/mol. The summed E-state index contributed by atoms with van der Waals surface area (Å²) in [4.78, 5) is 34.4. The van der Waals surface area contributed by atoms with Crippen molar-refractivity contribution in [1.29, 1.82) is 0 Å². The second kappa shape index (κ2) is 14.3. The molecule has 0 radical (unpaired) electrons. The Labute approximate surface area is 241 Å². The summed E-state index contributed by atoms with van der Waals surface area (Å²) < 4.78 is 0. The van der Waals surface area contributed by atoms with Crippen LogP contribution in [0.1, 0.15) is 71.8 Å². The van der Waals surface area contributed by atoms with Crippen molar-refractivity contribution < 1.29 is 9.59 Å². The molecule has 2 amide bonds. The van der Waals surface area contributed by atoms with Gasteiger partial charge in [0, 0.05) is 49.2 Å². The molecule has 218 valence electrons. The topological polar surface area (TPSA) is 67.9 Å². The van der Waals surface area contributed by atoms with Crippen molar-refractivity contribution in [2.75, 3.05) is 39.3 Å². The van der Waals surface area contributed by atoms with E-state index in [2.05, 4.69) is 48.1 Å². The molecule has 0 aromatic heterocycles. The van der Waals surface area contributed by atoms with Gasteiger partial charge >= 0.3 is 0 Å². The lowest BCUT2D eigenvalue weighted by Gasteiger charge is -2.43. The molecule has 8 heteroatoms. The molecule has 3 atom stereocenters. The molecule has 39 heavy (non-hydrogen) atoms. The lowest BCUT2D eigenvalue weighted by Crippen LogP contribution is -2.55. The highest BCUT2D eigenvalue weighted by molar-refractivity contribution is 6.30. The van der Waals surface area contributed by atoms with E-state index in [9.17, 15) is 9.59 Å². The van der Waals surface area contributed by atoms with Gasteiger partial charge in [-0.2, -0.15) is 0 Å². The average molecular weight is 560 g/mol. The van der Waals surface area contributed by atoms with Gasteiger partial charge in [0.1, 0.15) is 6.04 Å². The fourth-order valence-corrected chi connectivity index (χ4v) is 6.72. The highest BCUT2D eigenvalue weighted by Gasteiger charge is 2.38. The number of hydrogen-bond acceptors (Lipinski definition) is 5. The molecule has 0 aliphatic carbocycles. The van der Waals surface area contributed by atoms with Crippen LogP contribution in [-0.4, -0.2) is 96.0 Å². The van der Waals surface area contributed by atoms with Gasteiger partial charge in [-0.1, -0.05) is 44.0 Å². The van der Waals surface area contributed by atoms with Crippen LogP contribution in [0.15, 0.2) is 24.3 Å². The Balaban J connectivity index is 1.44. The first-order valence-corrected chi connectivity index (χ1v) is 15.7. The number of halogens is 1. The highest BCUT2D eigenvalue weighted by atomic mass is 35.5. The van der Waals surface area contributed by atoms with E-state index < -0.39 is 6.04 Å². The largest absolute Gasteiger partial charge is 0.343 e. The van der Waals surface area contributed by atoms with E-state index in [1.807, 2.05) is 29.2 Å². The van der Waals surface area contributed by atoms with Crippen molar-refractivity contribution in [2.45, 2.75) is 103 Å². The van der Waals surface area contributed by atoms with Crippen LogP contribution >= 0.6 is 11.6 Å². The molecule has 0 spiro atoms. The molecule has 0 unspecified atom stereocenters. The van der Waals surface area contributed by atoms with Gasteiger partial charge < -0.3 is 20.4 Å². The summed E-state index contributed by atoms with van der Waals surface area (Å²) in [5, 5.41) is 7.13. The zero-order valence-corrected chi connectivity index (χ0v) is 25.3. The number of amides is 2. The van der Waals surface area contributed by atoms with Gasteiger partial charge in [0.25, 0.3) is 0 Å². The normalized spacial score (nSPS) is 24.1. The Hall–Kier alpha value is -1.67. The van der Waals surface area contributed by atoms with Crippen molar-refractivity contribution in [3.8, 4) is 0 Å². The van der Waals surface area contributed by atoms with Crippen LogP contribution in [0.3, 0.4) is 0 Å². The first kappa shape index (κ1) is 30.3. The SMILES string of the molecule is CC(C)CN(C1CCN(C(C)C)CC1)[C@H]1CCN(C(=O)[C@@H](Cc2ccc(Cl)cc2)NC(=O)[C@@H]2CCCCN2)C1. The lowest BCUT2D eigenvalue weighted by molar-refractivity contribution is -0.136. The summed E-state index contributed by atoms with van der Waals surface area (Å²) in [6, 6.07) is 8.36. The summed E-state index contributed by atoms with van der Waals surface area (Å²) in [5.41, 5.74) is 1.00. The number of piperidine rings is 2. The Kier molecular flexibility index (Phi) is 11.1. The van der Waals surface area contributed by atoms with Gasteiger partial charge in [0.2, 0.25) is 11.8 Å². The Morgan fingerprint density at radius 1 is 1.00 bits per heavy atom. The van der Waals surface area contributed by atoms with Crippen LogP contribution in [0.25, 0.3) is 0 Å². The minimum absolute atomic E-state index is 0.0377. The molecular formula is C31H50ClN5O2. The Bertz CT molecular complexity index is 925. The number of likely N-dealkylation sites (tertiary alicyclic amines) is 2. The van der Waals surface area contributed by atoms with Gasteiger partial charge in [-0.15, -0.1) is 0 Å². The molecule has 4 rings (SSSR count). The molecule has 0 bridgehead atoms. The van der Waals surface area contributed by atoms with E-state index >= 15 is 0 Å². The van der Waals surface area contributed by atoms with E-state index in [0.717, 1.165) is 70.5 Å². The summed E-state index contributed by atoms with van der Waals surface area (Å²) in [6.45, 7) is 14.9. The third-order valence-electron chi connectivity index (χ3n) is 8.81. The number of carbonyl (C=O) groups is 2. The Morgan fingerprint density at radius 3 is 2.31 bits per heavy atom. The fourth-order valence-electron chi connectivity index (χ4n) is 6.59. The van der Waals surface area contributed by atoms with E-state index in [4.69, 9.17) is 11.6 Å². The molecule has 3 saturated heterocycles. The summed E-state index contributed by atoms with van der Waals surface area (Å²) in [7, 11) is 0.